The van der Waals surface area contributed by atoms with Gasteiger partial charge in [0.05, 0.1) is 5.69 Å². The summed E-state index contributed by atoms with van der Waals surface area (Å²) in [6, 6.07) is -0.0461. The molecule has 0 aliphatic carbocycles. The second-order valence-electron chi connectivity index (χ2n) is 3.91. The SMILES string of the molecule is CC(C)C[C@H](N)c1csc(OCC=C=O)n1. The number of carbonyl (C=O) groups excluding carboxylic acids is 1. The fourth-order valence-electron chi connectivity index (χ4n) is 1.28. The van der Waals surface area contributed by atoms with Crippen LogP contribution in [0, 0.1) is 5.92 Å². The second kappa shape index (κ2) is 6.43. The summed E-state index contributed by atoms with van der Waals surface area (Å²) in [4.78, 5) is 14.2. The van der Waals surface area contributed by atoms with E-state index in [2.05, 4.69) is 18.8 Å². The van der Waals surface area contributed by atoms with Crippen LogP contribution in [0.25, 0.3) is 0 Å². The van der Waals surface area contributed by atoms with E-state index in [4.69, 9.17) is 10.5 Å². The van der Waals surface area contributed by atoms with Gasteiger partial charge in [-0.15, -0.1) is 0 Å². The Bertz CT molecular complexity index is 370. The summed E-state index contributed by atoms with van der Waals surface area (Å²) in [6.45, 7) is 4.45. The van der Waals surface area contributed by atoms with Gasteiger partial charge in [-0.25, -0.2) is 9.78 Å². The van der Waals surface area contributed by atoms with Crippen molar-refractivity contribution in [2.45, 2.75) is 26.3 Å². The van der Waals surface area contributed by atoms with Gasteiger partial charge in [0, 0.05) is 17.5 Å². The first-order chi connectivity index (χ1) is 7.63. The smallest absolute Gasteiger partial charge is 0.273 e. The van der Waals surface area contributed by atoms with Crippen molar-refractivity contribution in [1.29, 1.82) is 0 Å². The summed E-state index contributed by atoms with van der Waals surface area (Å²) in [6.07, 6.45) is 2.17. The van der Waals surface area contributed by atoms with Crippen LogP contribution in [0.4, 0.5) is 0 Å². The first kappa shape index (κ1) is 12.9. The second-order valence-corrected chi connectivity index (χ2v) is 4.73. The molecule has 4 nitrogen and oxygen atoms in total. The van der Waals surface area contributed by atoms with Crippen LogP contribution in [0.2, 0.25) is 0 Å². The fourth-order valence-corrected chi connectivity index (χ4v) is 2.02. The Balaban J connectivity index is 2.53. The molecular weight excluding hydrogens is 224 g/mol. The summed E-state index contributed by atoms with van der Waals surface area (Å²) in [7, 11) is 0. The molecule has 0 aromatic carbocycles. The Labute approximate surface area is 99.1 Å². The van der Waals surface area contributed by atoms with E-state index in [1.54, 1.807) is 5.94 Å². The number of hydrogen-bond acceptors (Lipinski definition) is 5. The standard InChI is InChI=1S/C11H16N2O2S/c1-8(2)6-9(12)10-7-16-11(13-10)15-5-3-4-14/h3,7-9H,5-6,12H2,1-2H3/t9-/m0/s1. The molecule has 0 aliphatic heterocycles. The number of nitrogens with zero attached hydrogens (tertiary/aromatic N) is 1. The maximum atomic E-state index is 9.93. The minimum atomic E-state index is -0.0461. The quantitative estimate of drug-likeness (QED) is 0.772. The lowest BCUT2D eigenvalue weighted by Crippen LogP contribution is -2.13. The van der Waals surface area contributed by atoms with Gasteiger partial charge in [-0.3, -0.25) is 0 Å². The van der Waals surface area contributed by atoms with Crippen molar-refractivity contribution in [1.82, 2.24) is 4.98 Å². The summed E-state index contributed by atoms with van der Waals surface area (Å²) < 4.78 is 5.22. The summed E-state index contributed by atoms with van der Waals surface area (Å²) >= 11 is 1.39. The van der Waals surface area contributed by atoms with Gasteiger partial charge in [0.1, 0.15) is 12.5 Å². The van der Waals surface area contributed by atoms with Gasteiger partial charge in [0.2, 0.25) is 0 Å². The first-order valence-corrected chi connectivity index (χ1v) is 6.04. The van der Waals surface area contributed by atoms with Crippen LogP contribution in [0.5, 0.6) is 5.19 Å². The number of rotatable bonds is 6. The maximum absolute atomic E-state index is 9.93. The van der Waals surface area contributed by atoms with Crippen LogP contribution >= 0.6 is 11.3 Å². The molecule has 1 aromatic heterocycles. The van der Waals surface area contributed by atoms with E-state index >= 15 is 0 Å². The average molecular weight is 240 g/mol. The van der Waals surface area contributed by atoms with Crippen molar-refractivity contribution in [3.05, 3.63) is 17.2 Å². The highest BCUT2D eigenvalue weighted by molar-refractivity contribution is 7.11. The van der Waals surface area contributed by atoms with E-state index in [0.29, 0.717) is 11.1 Å². The number of aromatic nitrogens is 1. The molecule has 0 radical (unpaired) electrons. The Kier molecular flexibility index (Phi) is 5.19. The molecule has 1 aromatic rings. The third-order valence-corrected chi connectivity index (χ3v) is 2.75. The molecule has 0 aliphatic rings. The molecule has 0 fully saturated rings. The summed E-state index contributed by atoms with van der Waals surface area (Å²) in [5.41, 5.74) is 6.83. The van der Waals surface area contributed by atoms with Crippen LogP contribution in [0.1, 0.15) is 32.0 Å². The first-order valence-electron chi connectivity index (χ1n) is 5.16. The highest BCUT2D eigenvalue weighted by Crippen LogP contribution is 2.24. The van der Waals surface area contributed by atoms with Gasteiger partial charge in [-0.05, 0) is 12.3 Å². The van der Waals surface area contributed by atoms with Crippen LogP contribution < -0.4 is 10.5 Å². The average Bonchev–Trinajstić information content (AvgIpc) is 2.66. The van der Waals surface area contributed by atoms with Crippen molar-refractivity contribution in [2.24, 2.45) is 11.7 Å². The van der Waals surface area contributed by atoms with Gasteiger partial charge in [-0.2, -0.15) is 0 Å². The maximum Gasteiger partial charge on any atom is 0.273 e. The van der Waals surface area contributed by atoms with E-state index in [0.717, 1.165) is 12.1 Å². The molecule has 1 rings (SSSR count). The Hall–Kier alpha value is -1.16. The molecule has 0 spiro atoms. The zero-order valence-electron chi connectivity index (χ0n) is 9.47. The van der Waals surface area contributed by atoms with Crippen LogP contribution in [0.15, 0.2) is 11.5 Å². The van der Waals surface area contributed by atoms with Gasteiger partial charge in [0.15, 0.2) is 0 Å². The van der Waals surface area contributed by atoms with Gasteiger partial charge >= 0.3 is 0 Å². The Morgan fingerprint density at radius 1 is 1.69 bits per heavy atom. The van der Waals surface area contributed by atoms with Gasteiger partial charge in [0.25, 0.3) is 5.19 Å². The lowest BCUT2D eigenvalue weighted by Gasteiger charge is -2.10. The predicted molar refractivity (Wildman–Crippen MR) is 64.3 cm³/mol. The van der Waals surface area contributed by atoms with Crippen molar-refractivity contribution in [2.75, 3.05) is 6.61 Å². The predicted octanol–water partition coefficient (Wildman–Crippen LogP) is 1.96. The topological polar surface area (TPSA) is 65.2 Å². The fraction of sp³-hybridized carbons (Fsp3) is 0.545. The molecule has 88 valence electrons. The number of thiazole rings is 1. The third kappa shape index (κ3) is 4.14. The van der Waals surface area contributed by atoms with Gasteiger partial charge in [-0.1, -0.05) is 25.2 Å². The molecule has 0 amide bonds. The molecule has 1 heterocycles. The number of nitrogens with two attached hydrogens (primary N) is 1. The molecule has 0 unspecified atom stereocenters. The van der Waals surface area contributed by atoms with Crippen molar-refractivity contribution in [3.63, 3.8) is 0 Å². The van der Waals surface area contributed by atoms with Crippen molar-refractivity contribution in [3.8, 4) is 5.19 Å². The molecule has 5 heteroatoms. The summed E-state index contributed by atoms with van der Waals surface area (Å²) in [5.74, 6) is 2.19. The van der Waals surface area contributed by atoms with Crippen LogP contribution in [0.3, 0.4) is 0 Å². The number of hydrogen-bond donors (Lipinski definition) is 1. The monoisotopic (exact) mass is 240 g/mol. The van der Waals surface area contributed by atoms with E-state index in [1.807, 2.05) is 5.38 Å². The number of ether oxygens (including phenoxy) is 1. The highest BCUT2D eigenvalue weighted by atomic mass is 32.1. The molecule has 1 atom stereocenters. The largest absolute Gasteiger partial charge is 0.465 e. The molecule has 0 saturated carbocycles. The molecule has 16 heavy (non-hydrogen) atoms. The zero-order chi connectivity index (χ0) is 12.0. The molecular formula is C11H16N2O2S. The third-order valence-electron chi connectivity index (χ3n) is 1.98. The van der Waals surface area contributed by atoms with Gasteiger partial charge < -0.3 is 10.5 Å². The highest BCUT2D eigenvalue weighted by Gasteiger charge is 2.12. The van der Waals surface area contributed by atoms with Crippen molar-refractivity contribution < 1.29 is 9.53 Å². The van der Waals surface area contributed by atoms with E-state index in [-0.39, 0.29) is 12.6 Å². The summed E-state index contributed by atoms with van der Waals surface area (Å²) in [5, 5.41) is 2.44. The van der Waals surface area contributed by atoms with E-state index in [9.17, 15) is 4.79 Å². The minimum absolute atomic E-state index is 0.0461. The molecule has 0 bridgehead atoms. The Morgan fingerprint density at radius 3 is 3.06 bits per heavy atom. The minimum Gasteiger partial charge on any atom is -0.465 e. The van der Waals surface area contributed by atoms with E-state index < -0.39 is 0 Å². The molecule has 2 N–H and O–H groups in total. The van der Waals surface area contributed by atoms with Crippen LogP contribution in [-0.4, -0.2) is 17.5 Å². The van der Waals surface area contributed by atoms with E-state index in [1.165, 1.54) is 17.4 Å². The Morgan fingerprint density at radius 2 is 2.44 bits per heavy atom. The van der Waals surface area contributed by atoms with Crippen LogP contribution in [-0.2, 0) is 4.79 Å². The zero-order valence-corrected chi connectivity index (χ0v) is 10.3. The lowest BCUT2D eigenvalue weighted by atomic mass is 10.0. The van der Waals surface area contributed by atoms with Crippen molar-refractivity contribution >= 4 is 17.3 Å². The lowest BCUT2D eigenvalue weighted by molar-refractivity contribution is 0.358. The molecule has 0 saturated heterocycles. The normalized spacial score (nSPS) is 12.2.